The number of primary amides is 1. The minimum atomic E-state index is -0.590. The number of nitrogens with two attached hydrogens (primary N) is 2. The molecule has 3 rings (SSSR count). The SMILES string of the molecule is CCn1nc(C)cc1C(=O)N=c1sc2cc(C(N)=O)cc(OCCC(OC)OC)c2n1C/C=C/CN. The molecule has 36 heavy (non-hydrogen) atoms. The van der Waals surface area contributed by atoms with Gasteiger partial charge in [-0.25, -0.2) is 0 Å². The largest absolute Gasteiger partial charge is 0.491 e. The van der Waals surface area contributed by atoms with Crippen molar-refractivity contribution in [3.05, 3.63) is 52.1 Å². The monoisotopic (exact) mass is 516 g/mol. The summed E-state index contributed by atoms with van der Waals surface area (Å²) < 4.78 is 20.7. The number of hydrogen-bond acceptors (Lipinski definition) is 8. The molecule has 1 aromatic carbocycles. The van der Waals surface area contributed by atoms with Crippen LogP contribution in [0.5, 0.6) is 5.75 Å². The van der Waals surface area contributed by atoms with E-state index in [2.05, 4.69) is 10.1 Å². The van der Waals surface area contributed by atoms with Gasteiger partial charge in [0.05, 0.1) is 17.0 Å². The van der Waals surface area contributed by atoms with E-state index in [1.807, 2.05) is 30.6 Å². The van der Waals surface area contributed by atoms with E-state index in [1.54, 1.807) is 37.1 Å². The third kappa shape index (κ3) is 6.26. The van der Waals surface area contributed by atoms with Crippen molar-refractivity contribution >= 4 is 33.4 Å². The van der Waals surface area contributed by atoms with Crippen LogP contribution in [-0.2, 0) is 22.6 Å². The van der Waals surface area contributed by atoms with Crippen molar-refractivity contribution in [3.8, 4) is 5.75 Å². The van der Waals surface area contributed by atoms with E-state index in [-0.39, 0.29) is 12.2 Å². The summed E-state index contributed by atoms with van der Waals surface area (Å²) in [5.41, 5.74) is 13.3. The van der Waals surface area contributed by atoms with Gasteiger partial charge in [0, 0.05) is 45.8 Å². The van der Waals surface area contributed by atoms with E-state index < -0.39 is 18.1 Å². The van der Waals surface area contributed by atoms with Crippen molar-refractivity contribution < 1.29 is 23.8 Å². The van der Waals surface area contributed by atoms with Crippen molar-refractivity contribution in [1.29, 1.82) is 0 Å². The van der Waals surface area contributed by atoms with Crippen LogP contribution in [0.4, 0.5) is 0 Å². The maximum atomic E-state index is 13.1. The highest BCUT2D eigenvalue weighted by Crippen LogP contribution is 2.30. The number of aromatic nitrogens is 3. The number of rotatable bonds is 12. The molecule has 0 saturated carbocycles. The normalized spacial score (nSPS) is 12.3. The van der Waals surface area contributed by atoms with Crippen molar-refractivity contribution in [1.82, 2.24) is 14.3 Å². The maximum Gasteiger partial charge on any atom is 0.297 e. The smallest absolute Gasteiger partial charge is 0.297 e. The molecule has 11 nitrogen and oxygen atoms in total. The predicted molar refractivity (Wildman–Crippen MR) is 137 cm³/mol. The first kappa shape index (κ1) is 27.3. The molecule has 194 valence electrons. The number of benzene rings is 1. The maximum absolute atomic E-state index is 13.1. The molecule has 0 radical (unpaired) electrons. The number of nitrogens with zero attached hydrogens (tertiary/aromatic N) is 4. The van der Waals surface area contributed by atoms with Crippen LogP contribution < -0.4 is 21.0 Å². The van der Waals surface area contributed by atoms with Crippen LogP contribution in [0.25, 0.3) is 10.2 Å². The van der Waals surface area contributed by atoms with Gasteiger partial charge in [-0.15, -0.1) is 0 Å². The molecule has 0 aliphatic heterocycles. The van der Waals surface area contributed by atoms with Gasteiger partial charge in [0.1, 0.15) is 17.0 Å². The molecule has 0 bridgehead atoms. The van der Waals surface area contributed by atoms with Gasteiger partial charge in [0.15, 0.2) is 11.1 Å². The summed E-state index contributed by atoms with van der Waals surface area (Å²) in [5.74, 6) is -0.567. The topological polar surface area (TPSA) is 149 Å². The Kier molecular flexibility index (Phi) is 9.53. The highest BCUT2D eigenvalue weighted by atomic mass is 32.1. The lowest BCUT2D eigenvalue weighted by atomic mass is 10.2. The summed E-state index contributed by atoms with van der Waals surface area (Å²) >= 11 is 1.26. The van der Waals surface area contributed by atoms with E-state index >= 15 is 0 Å². The first-order valence-corrected chi connectivity index (χ1v) is 12.3. The Morgan fingerprint density at radius 3 is 2.61 bits per heavy atom. The van der Waals surface area contributed by atoms with Crippen LogP contribution in [0.3, 0.4) is 0 Å². The summed E-state index contributed by atoms with van der Waals surface area (Å²) in [5, 5.41) is 4.34. The van der Waals surface area contributed by atoms with E-state index in [4.69, 9.17) is 25.7 Å². The Morgan fingerprint density at radius 1 is 1.22 bits per heavy atom. The second-order valence-corrected chi connectivity index (χ2v) is 8.84. The van der Waals surface area contributed by atoms with Crippen LogP contribution in [-0.4, -0.2) is 59.8 Å². The highest BCUT2D eigenvalue weighted by molar-refractivity contribution is 7.16. The van der Waals surface area contributed by atoms with Crippen LogP contribution in [0.2, 0.25) is 0 Å². The molecule has 0 saturated heterocycles. The molecular formula is C24H32N6O5S. The number of methoxy groups -OCH3 is 2. The van der Waals surface area contributed by atoms with Gasteiger partial charge in [0.2, 0.25) is 5.91 Å². The molecule has 12 heteroatoms. The summed E-state index contributed by atoms with van der Waals surface area (Å²) in [6.45, 7) is 5.30. The van der Waals surface area contributed by atoms with E-state index in [0.717, 1.165) is 5.69 Å². The number of fused-ring (bicyclic) bond motifs is 1. The van der Waals surface area contributed by atoms with E-state index in [9.17, 15) is 9.59 Å². The van der Waals surface area contributed by atoms with Crippen molar-refractivity contribution in [2.24, 2.45) is 16.5 Å². The fraction of sp³-hybridized carbons (Fsp3) is 0.417. The molecule has 0 aliphatic carbocycles. The van der Waals surface area contributed by atoms with Crippen LogP contribution in [0.1, 0.15) is 39.9 Å². The third-order valence-corrected chi connectivity index (χ3v) is 6.40. The molecule has 0 spiro atoms. The first-order valence-electron chi connectivity index (χ1n) is 11.5. The summed E-state index contributed by atoms with van der Waals surface area (Å²) in [6, 6.07) is 4.98. The van der Waals surface area contributed by atoms with Crippen LogP contribution in [0, 0.1) is 6.92 Å². The highest BCUT2D eigenvalue weighted by Gasteiger charge is 2.18. The van der Waals surface area contributed by atoms with Gasteiger partial charge in [-0.05, 0) is 32.0 Å². The number of thiazole rings is 1. The molecule has 3 aromatic rings. The Morgan fingerprint density at radius 2 is 1.97 bits per heavy atom. The average molecular weight is 517 g/mol. The fourth-order valence-electron chi connectivity index (χ4n) is 3.66. The number of hydrogen-bond donors (Lipinski definition) is 2. The average Bonchev–Trinajstić information content (AvgIpc) is 3.41. The molecule has 0 fully saturated rings. The first-order chi connectivity index (χ1) is 17.3. The van der Waals surface area contributed by atoms with Crippen LogP contribution >= 0.6 is 11.3 Å². The minimum Gasteiger partial charge on any atom is -0.491 e. The van der Waals surface area contributed by atoms with E-state index in [1.165, 1.54) is 11.3 Å². The Balaban J connectivity index is 2.16. The quantitative estimate of drug-likeness (QED) is 0.276. The van der Waals surface area contributed by atoms with Gasteiger partial charge >= 0.3 is 0 Å². The molecule has 0 atom stereocenters. The summed E-state index contributed by atoms with van der Waals surface area (Å²) in [4.78, 5) is 30.0. The van der Waals surface area contributed by atoms with Gasteiger partial charge in [-0.1, -0.05) is 23.5 Å². The molecule has 0 unspecified atom stereocenters. The molecule has 2 amide bonds. The second kappa shape index (κ2) is 12.6. The van der Waals surface area contributed by atoms with Gasteiger partial charge in [-0.2, -0.15) is 10.1 Å². The number of carbonyl (C=O) groups is 2. The molecule has 2 aromatic heterocycles. The Bertz CT molecular complexity index is 1320. The molecule has 4 N–H and O–H groups in total. The number of allylic oxidation sites excluding steroid dienone is 1. The number of aryl methyl sites for hydroxylation is 2. The number of carbonyl (C=O) groups excluding carboxylic acids is 2. The fourth-order valence-corrected chi connectivity index (χ4v) is 4.75. The number of amides is 2. The van der Waals surface area contributed by atoms with Crippen molar-refractivity contribution in [3.63, 3.8) is 0 Å². The molecule has 2 heterocycles. The lowest BCUT2D eigenvalue weighted by molar-refractivity contribution is -0.110. The Hall–Kier alpha value is -3.32. The lowest BCUT2D eigenvalue weighted by Crippen LogP contribution is -2.19. The van der Waals surface area contributed by atoms with Crippen molar-refractivity contribution in [2.45, 2.75) is 39.6 Å². The predicted octanol–water partition coefficient (Wildman–Crippen LogP) is 1.97. The standard InChI is InChI=1S/C24H32N6O5S/c1-5-30-17(12-15(2)28-30)23(32)27-24-29(10-7-6-9-25)21-18(35-11-8-20(33-3)34-4)13-16(22(26)31)14-19(21)36-24/h6-7,12-14,20H,5,8-11,25H2,1-4H3,(H2,26,31)/b7-6+,27-24?. The van der Waals surface area contributed by atoms with Gasteiger partial charge in [0.25, 0.3) is 5.91 Å². The molecular weight excluding hydrogens is 484 g/mol. The molecule has 0 aliphatic rings. The second-order valence-electron chi connectivity index (χ2n) is 7.83. The minimum absolute atomic E-state index is 0.262. The third-order valence-electron chi connectivity index (χ3n) is 5.37. The van der Waals surface area contributed by atoms with Crippen molar-refractivity contribution in [2.75, 3.05) is 27.4 Å². The zero-order valence-corrected chi connectivity index (χ0v) is 21.7. The Labute approximate surface area is 213 Å². The summed E-state index contributed by atoms with van der Waals surface area (Å²) in [6.07, 6.45) is 3.73. The van der Waals surface area contributed by atoms with E-state index in [0.29, 0.717) is 52.5 Å². The summed E-state index contributed by atoms with van der Waals surface area (Å²) in [7, 11) is 3.10. The van der Waals surface area contributed by atoms with Gasteiger partial charge in [-0.3, -0.25) is 14.3 Å². The van der Waals surface area contributed by atoms with Gasteiger partial charge < -0.3 is 30.2 Å². The zero-order chi connectivity index (χ0) is 26.2. The van der Waals surface area contributed by atoms with Crippen LogP contribution in [0.15, 0.2) is 35.3 Å². The number of ether oxygens (including phenoxy) is 3. The lowest BCUT2D eigenvalue weighted by Gasteiger charge is -2.15. The zero-order valence-electron chi connectivity index (χ0n) is 20.9.